The highest BCUT2D eigenvalue weighted by Crippen LogP contribution is 2.27. The molecule has 0 radical (unpaired) electrons. The van der Waals surface area contributed by atoms with Crippen LogP contribution in [0, 0.1) is 3.70 Å². The first kappa shape index (κ1) is 11.3. The Hall–Kier alpha value is 0.180. The number of aliphatic hydroxyl groups excluding tert-OH is 1. The number of nitrogens with zero attached hydrogens (tertiary/aromatic N) is 1. The number of hydrogen-bond acceptors (Lipinski definition) is 2. The fraction of sp³-hybridized carbons (Fsp3) is 0.286. The largest absolute Gasteiger partial charge is 0.392 e. The molecular formula is C7H5BrF2INO. The van der Waals surface area contributed by atoms with Gasteiger partial charge in [0.15, 0.2) is 0 Å². The van der Waals surface area contributed by atoms with E-state index in [-0.39, 0.29) is 15.9 Å². The molecule has 1 aromatic heterocycles. The molecule has 0 unspecified atom stereocenters. The van der Waals surface area contributed by atoms with Gasteiger partial charge in [0.2, 0.25) is 0 Å². The second-order valence-corrected chi connectivity index (χ2v) is 4.05. The summed E-state index contributed by atoms with van der Waals surface area (Å²) in [5.74, 6) is 0. The van der Waals surface area contributed by atoms with Crippen LogP contribution in [0.5, 0.6) is 0 Å². The Balaban J connectivity index is 3.22. The second-order valence-electron chi connectivity index (χ2n) is 2.28. The van der Waals surface area contributed by atoms with Crippen LogP contribution >= 0.6 is 38.5 Å². The summed E-state index contributed by atoms with van der Waals surface area (Å²) in [6.45, 7) is -0.301. The molecule has 0 bridgehead atoms. The zero-order valence-electron chi connectivity index (χ0n) is 6.27. The molecule has 6 heteroatoms. The van der Waals surface area contributed by atoms with Gasteiger partial charge in [-0.25, -0.2) is 13.8 Å². The van der Waals surface area contributed by atoms with Gasteiger partial charge in [0, 0.05) is 5.56 Å². The van der Waals surface area contributed by atoms with Crippen molar-refractivity contribution in [2.24, 2.45) is 0 Å². The number of hydrogen-bond donors (Lipinski definition) is 1. The highest BCUT2D eigenvalue weighted by Gasteiger charge is 2.15. The lowest BCUT2D eigenvalue weighted by Crippen LogP contribution is -1.98. The zero-order chi connectivity index (χ0) is 10.0. The minimum atomic E-state index is -2.56. The van der Waals surface area contributed by atoms with Crippen LogP contribution in [0.3, 0.4) is 0 Å². The van der Waals surface area contributed by atoms with Gasteiger partial charge in [-0.2, -0.15) is 0 Å². The first-order valence-electron chi connectivity index (χ1n) is 3.30. The summed E-state index contributed by atoms with van der Waals surface area (Å²) in [7, 11) is 0. The van der Waals surface area contributed by atoms with Crippen molar-refractivity contribution in [3.05, 3.63) is 25.5 Å². The Morgan fingerprint density at radius 2 is 2.23 bits per heavy atom. The van der Waals surface area contributed by atoms with Crippen molar-refractivity contribution in [3.63, 3.8) is 0 Å². The summed E-state index contributed by atoms with van der Waals surface area (Å²) in [6, 6.07) is 1.25. The molecule has 0 saturated heterocycles. The van der Waals surface area contributed by atoms with Crippen LogP contribution in [-0.2, 0) is 6.61 Å². The molecule has 2 nitrogen and oxygen atoms in total. The van der Waals surface area contributed by atoms with Crippen molar-refractivity contribution in [2.75, 3.05) is 0 Å². The van der Waals surface area contributed by atoms with Gasteiger partial charge in [-0.1, -0.05) is 0 Å². The number of aliphatic hydroxyl groups is 1. The van der Waals surface area contributed by atoms with E-state index in [2.05, 4.69) is 20.9 Å². The van der Waals surface area contributed by atoms with Crippen molar-refractivity contribution < 1.29 is 13.9 Å². The molecule has 0 aliphatic rings. The van der Waals surface area contributed by atoms with E-state index in [1.807, 2.05) is 0 Å². The highest BCUT2D eigenvalue weighted by atomic mass is 127. The molecule has 1 N–H and O–H groups in total. The molecule has 0 saturated carbocycles. The molecule has 1 heterocycles. The van der Waals surface area contributed by atoms with E-state index in [1.165, 1.54) is 6.07 Å². The van der Waals surface area contributed by atoms with Gasteiger partial charge >= 0.3 is 0 Å². The van der Waals surface area contributed by atoms with Crippen molar-refractivity contribution in [1.29, 1.82) is 0 Å². The molecule has 1 rings (SSSR count). The Morgan fingerprint density at radius 1 is 1.62 bits per heavy atom. The van der Waals surface area contributed by atoms with E-state index in [4.69, 9.17) is 5.11 Å². The van der Waals surface area contributed by atoms with E-state index in [0.29, 0.717) is 10.2 Å². The number of aromatic nitrogens is 1. The SMILES string of the molecule is OCc1cc(C(F)F)c(I)nc1Br. The van der Waals surface area contributed by atoms with Gasteiger partial charge in [-0.15, -0.1) is 0 Å². The molecule has 0 aliphatic carbocycles. The summed E-state index contributed by atoms with van der Waals surface area (Å²) < 4.78 is 25.3. The third kappa shape index (κ3) is 2.57. The van der Waals surface area contributed by atoms with Crippen molar-refractivity contribution in [3.8, 4) is 0 Å². The van der Waals surface area contributed by atoms with Gasteiger partial charge in [0.1, 0.15) is 8.30 Å². The molecule has 72 valence electrons. The van der Waals surface area contributed by atoms with E-state index >= 15 is 0 Å². The lowest BCUT2D eigenvalue weighted by molar-refractivity contribution is 0.149. The standard InChI is InChI=1S/C7H5BrF2INO/c8-5-3(2-13)1-4(6(9)10)7(11)12-5/h1,6,13H,2H2. The maximum Gasteiger partial charge on any atom is 0.266 e. The average Bonchev–Trinajstić information content (AvgIpc) is 2.03. The summed E-state index contributed by atoms with van der Waals surface area (Å²) in [6.07, 6.45) is -2.56. The van der Waals surface area contributed by atoms with Crippen molar-refractivity contribution in [2.45, 2.75) is 13.0 Å². The maximum atomic E-state index is 12.3. The number of rotatable bonds is 2. The first-order chi connectivity index (χ1) is 6.06. The quantitative estimate of drug-likeness (QED) is 0.647. The fourth-order valence-corrected chi connectivity index (χ4v) is 2.17. The van der Waals surface area contributed by atoms with Crippen LogP contribution in [0.1, 0.15) is 17.6 Å². The predicted octanol–water partition coefficient (Wildman–Crippen LogP) is 2.88. The predicted molar refractivity (Wildman–Crippen MR) is 55.5 cm³/mol. The van der Waals surface area contributed by atoms with Crippen LogP contribution in [-0.4, -0.2) is 10.1 Å². The van der Waals surface area contributed by atoms with E-state index in [1.54, 1.807) is 22.6 Å². The van der Waals surface area contributed by atoms with Gasteiger partial charge in [0.05, 0.1) is 12.2 Å². The Bertz CT molecular complexity index is 322. The molecule has 0 spiro atoms. The first-order valence-corrected chi connectivity index (χ1v) is 5.17. The van der Waals surface area contributed by atoms with Crippen molar-refractivity contribution in [1.82, 2.24) is 4.98 Å². The number of pyridine rings is 1. The Labute approximate surface area is 95.6 Å². The van der Waals surface area contributed by atoms with Gasteiger partial charge in [0.25, 0.3) is 6.43 Å². The number of alkyl halides is 2. The molecule has 13 heavy (non-hydrogen) atoms. The van der Waals surface area contributed by atoms with E-state index in [0.717, 1.165) is 0 Å². The summed E-state index contributed by atoms with van der Waals surface area (Å²) in [5.41, 5.74) is 0.226. The number of halogens is 4. The third-order valence-electron chi connectivity index (χ3n) is 1.43. The van der Waals surface area contributed by atoms with Crippen molar-refractivity contribution >= 4 is 38.5 Å². The minimum Gasteiger partial charge on any atom is -0.392 e. The normalized spacial score (nSPS) is 10.9. The van der Waals surface area contributed by atoms with Crippen LogP contribution in [0.2, 0.25) is 0 Å². The van der Waals surface area contributed by atoms with Crippen LogP contribution in [0.15, 0.2) is 10.7 Å². The molecule has 0 atom stereocenters. The van der Waals surface area contributed by atoms with Crippen LogP contribution < -0.4 is 0 Å². The monoisotopic (exact) mass is 363 g/mol. The van der Waals surface area contributed by atoms with Gasteiger partial charge in [-0.05, 0) is 44.6 Å². The van der Waals surface area contributed by atoms with E-state index < -0.39 is 6.43 Å². The molecule has 0 amide bonds. The lowest BCUT2D eigenvalue weighted by Gasteiger charge is -2.06. The molecular weight excluding hydrogens is 359 g/mol. The molecule has 0 aliphatic heterocycles. The Kier molecular flexibility index (Phi) is 3.99. The Morgan fingerprint density at radius 3 is 2.69 bits per heavy atom. The topological polar surface area (TPSA) is 33.1 Å². The van der Waals surface area contributed by atoms with Crippen LogP contribution in [0.4, 0.5) is 8.78 Å². The van der Waals surface area contributed by atoms with Gasteiger partial charge in [-0.3, -0.25) is 0 Å². The highest BCUT2D eigenvalue weighted by molar-refractivity contribution is 14.1. The molecule has 0 fully saturated rings. The summed E-state index contributed by atoms with van der Waals surface area (Å²) >= 11 is 4.80. The summed E-state index contributed by atoms with van der Waals surface area (Å²) in [5, 5.41) is 8.80. The summed E-state index contributed by atoms with van der Waals surface area (Å²) in [4.78, 5) is 3.83. The zero-order valence-corrected chi connectivity index (χ0v) is 10.0. The lowest BCUT2D eigenvalue weighted by atomic mass is 10.2. The van der Waals surface area contributed by atoms with Gasteiger partial charge < -0.3 is 5.11 Å². The van der Waals surface area contributed by atoms with Crippen LogP contribution in [0.25, 0.3) is 0 Å². The smallest absolute Gasteiger partial charge is 0.266 e. The second kappa shape index (κ2) is 4.61. The maximum absolute atomic E-state index is 12.3. The molecule has 0 aromatic carbocycles. The fourth-order valence-electron chi connectivity index (χ4n) is 0.793. The average molecular weight is 364 g/mol. The van der Waals surface area contributed by atoms with E-state index in [9.17, 15) is 8.78 Å². The minimum absolute atomic E-state index is 0.146. The third-order valence-corrected chi connectivity index (χ3v) is 2.99. The molecule has 1 aromatic rings.